The van der Waals surface area contributed by atoms with Crippen LogP contribution in [0.25, 0.3) is 11.5 Å². The summed E-state index contributed by atoms with van der Waals surface area (Å²) in [6, 6.07) is 7.36. The SMILES string of the molecule is COc1ccc(-c2nc(CCNS(=O)(=O)CC34CCC(CC3=O)C4(C)C)co2)cc1. The number of nitrogens with zero attached hydrogens (tertiary/aromatic N) is 1. The Labute approximate surface area is 177 Å². The third-order valence-electron chi connectivity index (χ3n) is 7.17. The Kier molecular flexibility index (Phi) is 5.26. The number of methoxy groups -OCH3 is 1. The summed E-state index contributed by atoms with van der Waals surface area (Å²) in [5.74, 6) is 1.50. The number of benzene rings is 1. The average molecular weight is 433 g/mol. The first kappa shape index (κ1) is 21.1. The van der Waals surface area contributed by atoms with Crippen molar-refractivity contribution in [2.45, 2.75) is 39.5 Å². The van der Waals surface area contributed by atoms with Crippen LogP contribution in [0, 0.1) is 16.7 Å². The van der Waals surface area contributed by atoms with Crippen LogP contribution in [-0.4, -0.2) is 38.6 Å². The van der Waals surface area contributed by atoms with Crippen molar-refractivity contribution >= 4 is 15.8 Å². The summed E-state index contributed by atoms with van der Waals surface area (Å²) in [6.45, 7) is 4.30. The number of rotatable bonds is 8. The summed E-state index contributed by atoms with van der Waals surface area (Å²) in [4.78, 5) is 17.0. The van der Waals surface area contributed by atoms with Crippen molar-refractivity contribution in [3.05, 3.63) is 36.2 Å². The molecule has 162 valence electrons. The lowest BCUT2D eigenvalue weighted by Crippen LogP contribution is -2.45. The lowest BCUT2D eigenvalue weighted by molar-refractivity contribution is -0.128. The molecule has 1 aromatic heterocycles. The number of ketones is 1. The molecule has 0 spiro atoms. The number of nitrogens with one attached hydrogen (secondary N) is 1. The molecule has 30 heavy (non-hydrogen) atoms. The predicted octanol–water partition coefficient (Wildman–Crippen LogP) is 3.21. The van der Waals surface area contributed by atoms with Crippen LogP contribution >= 0.6 is 0 Å². The van der Waals surface area contributed by atoms with Gasteiger partial charge in [-0.15, -0.1) is 0 Å². The van der Waals surface area contributed by atoms with Crippen molar-refractivity contribution in [3.63, 3.8) is 0 Å². The molecule has 0 saturated heterocycles. The third kappa shape index (κ3) is 3.56. The molecular weight excluding hydrogens is 404 g/mol. The van der Waals surface area contributed by atoms with Gasteiger partial charge in [-0.2, -0.15) is 0 Å². The van der Waals surface area contributed by atoms with Gasteiger partial charge < -0.3 is 9.15 Å². The Morgan fingerprint density at radius 3 is 2.60 bits per heavy atom. The molecule has 2 bridgehead atoms. The first-order valence-electron chi connectivity index (χ1n) is 10.3. The van der Waals surface area contributed by atoms with Crippen molar-refractivity contribution in [1.29, 1.82) is 0 Å². The van der Waals surface area contributed by atoms with Gasteiger partial charge in [0.1, 0.15) is 17.8 Å². The number of oxazole rings is 1. The maximum Gasteiger partial charge on any atom is 0.226 e. The highest BCUT2D eigenvalue weighted by Crippen LogP contribution is 2.64. The number of hydrogen-bond donors (Lipinski definition) is 1. The van der Waals surface area contributed by atoms with Crippen LogP contribution < -0.4 is 9.46 Å². The molecule has 2 aliphatic carbocycles. The lowest BCUT2D eigenvalue weighted by atomic mass is 9.70. The van der Waals surface area contributed by atoms with Crippen LogP contribution in [0.15, 0.2) is 34.9 Å². The molecule has 2 atom stereocenters. The Balaban J connectivity index is 1.36. The lowest BCUT2D eigenvalue weighted by Gasteiger charge is -2.36. The summed E-state index contributed by atoms with van der Waals surface area (Å²) < 4.78 is 38.8. The van der Waals surface area contributed by atoms with E-state index in [0.29, 0.717) is 36.8 Å². The molecule has 2 aliphatic rings. The Morgan fingerprint density at radius 2 is 2.00 bits per heavy atom. The van der Waals surface area contributed by atoms with Crippen LogP contribution in [0.5, 0.6) is 5.75 Å². The first-order valence-corrected chi connectivity index (χ1v) is 11.9. The topological polar surface area (TPSA) is 98.5 Å². The third-order valence-corrected chi connectivity index (χ3v) is 8.68. The fraction of sp³-hybridized carbons (Fsp3) is 0.545. The summed E-state index contributed by atoms with van der Waals surface area (Å²) >= 11 is 0. The molecule has 2 aromatic rings. The minimum atomic E-state index is -3.58. The second kappa shape index (κ2) is 7.50. The number of Topliss-reactive ketones (excluding diaryl/α,β-unsaturated/α-hetero) is 1. The molecule has 4 rings (SSSR count). The van der Waals surface area contributed by atoms with Crippen molar-refractivity contribution in [2.75, 3.05) is 19.4 Å². The van der Waals surface area contributed by atoms with E-state index in [-0.39, 0.29) is 23.5 Å². The van der Waals surface area contributed by atoms with Gasteiger partial charge in [0, 0.05) is 30.4 Å². The summed E-state index contributed by atoms with van der Waals surface area (Å²) in [6.07, 6.45) is 4.05. The molecule has 0 radical (unpaired) electrons. The molecule has 2 saturated carbocycles. The van der Waals surface area contributed by atoms with E-state index in [1.807, 2.05) is 38.1 Å². The fourth-order valence-electron chi connectivity index (χ4n) is 5.11. The van der Waals surface area contributed by atoms with Crippen LogP contribution in [0.3, 0.4) is 0 Å². The van der Waals surface area contributed by atoms with Crippen molar-refractivity contribution in [1.82, 2.24) is 9.71 Å². The smallest absolute Gasteiger partial charge is 0.226 e. The number of ether oxygens (including phenoxy) is 1. The molecule has 0 amide bonds. The van der Waals surface area contributed by atoms with Crippen LogP contribution in [0.4, 0.5) is 0 Å². The standard InChI is InChI=1S/C22H28N2O5S/c1-21(2)16-8-10-22(21,19(25)12-16)14-30(26,27)23-11-9-17-13-29-20(24-17)15-4-6-18(28-3)7-5-15/h4-7,13,16,23H,8-12,14H2,1-3H3. The van der Waals surface area contributed by atoms with Gasteiger partial charge in [-0.3, -0.25) is 4.79 Å². The monoisotopic (exact) mass is 432 g/mol. The normalized spacial score (nSPS) is 25.0. The largest absolute Gasteiger partial charge is 0.497 e. The van der Waals surface area contributed by atoms with Gasteiger partial charge in [-0.05, 0) is 48.4 Å². The molecule has 2 fully saturated rings. The van der Waals surface area contributed by atoms with Gasteiger partial charge in [0.05, 0.1) is 18.6 Å². The van der Waals surface area contributed by atoms with E-state index in [9.17, 15) is 13.2 Å². The average Bonchev–Trinajstić information content (AvgIpc) is 3.31. The van der Waals surface area contributed by atoms with E-state index < -0.39 is 15.4 Å². The zero-order chi connectivity index (χ0) is 21.6. The fourth-order valence-corrected chi connectivity index (χ4v) is 6.95. The Bertz CT molecular complexity index is 1040. The second-order valence-corrected chi connectivity index (χ2v) is 10.7. The number of fused-ring (bicyclic) bond motifs is 2. The van der Waals surface area contributed by atoms with Crippen molar-refractivity contribution in [2.24, 2.45) is 16.7 Å². The van der Waals surface area contributed by atoms with Gasteiger partial charge in [0.2, 0.25) is 15.9 Å². The number of hydrogen-bond acceptors (Lipinski definition) is 6. The van der Waals surface area contributed by atoms with E-state index in [4.69, 9.17) is 9.15 Å². The highest BCUT2D eigenvalue weighted by atomic mass is 32.2. The molecule has 1 aromatic carbocycles. The zero-order valence-corrected chi connectivity index (χ0v) is 18.4. The predicted molar refractivity (Wildman–Crippen MR) is 113 cm³/mol. The molecule has 8 heteroatoms. The van der Waals surface area contributed by atoms with Crippen LogP contribution in [0.1, 0.15) is 38.8 Å². The number of carbonyl (C=O) groups is 1. The second-order valence-electron chi connectivity index (χ2n) is 8.94. The van der Waals surface area contributed by atoms with Crippen molar-refractivity contribution < 1.29 is 22.4 Å². The van der Waals surface area contributed by atoms with Crippen LogP contribution in [0.2, 0.25) is 0 Å². The Morgan fingerprint density at radius 1 is 1.27 bits per heavy atom. The quantitative estimate of drug-likeness (QED) is 0.688. The first-order chi connectivity index (χ1) is 14.2. The zero-order valence-electron chi connectivity index (χ0n) is 17.6. The molecule has 7 nitrogen and oxygen atoms in total. The van der Waals surface area contributed by atoms with Gasteiger partial charge in [-0.1, -0.05) is 13.8 Å². The van der Waals surface area contributed by atoms with E-state index in [2.05, 4.69) is 9.71 Å². The summed E-state index contributed by atoms with van der Waals surface area (Å²) in [5.41, 5.74) is 0.469. The van der Waals surface area contributed by atoms with Crippen molar-refractivity contribution in [3.8, 4) is 17.2 Å². The molecule has 1 heterocycles. The van der Waals surface area contributed by atoms with Gasteiger partial charge >= 0.3 is 0 Å². The maximum absolute atomic E-state index is 12.8. The Hall–Kier alpha value is -2.19. The van der Waals surface area contributed by atoms with E-state index in [1.54, 1.807) is 7.11 Å². The van der Waals surface area contributed by atoms with E-state index >= 15 is 0 Å². The highest BCUT2D eigenvalue weighted by molar-refractivity contribution is 7.89. The number of sulfonamides is 1. The van der Waals surface area contributed by atoms with Crippen LogP contribution in [-0.2, 0) is 21.2 Å². The molecule has 1 N–H and O–H groups in total. The minimum Gasteiger partial charge on any atom is -0.497 e. The van der Waals surface area contributed by atoms with Gasteiger partial charge in [0.15, 0.2) is 0 Å². The maximum atomic E-state index is 12.8. The number of aromatic nitrogens is 1. The van der Waals surface area contributed by atoms with Gasteiger partial charge in [-0.25, -0.2) is 18.1 Å². The van der Waals surface area contributed by atoms with E-state index in [1.165, 1.54) is 6.26 Å². The highest BCUT2D eigenvalue weighted by Gasteiger charge is 2.65. The molecule has 2 unspecified atom stereocenters. The molecular formula is C22H28N2O5S. The number of carbonyl (C=O) groups excluding carboxylic acids is 1. The van der Waals surface area contributed by atoms with Gasteiger partial charge in [0.25, 0.3) is 0 Å². The summed E-state index contributed by atoms with van der Waals surface area (Å²) in [7, 11) is -1.97. The minimum absolute atomic E-state index is 0.106. The summed E-state index contributed by atoms with van der Waals surface area (Å²) in [5, 5.41) is 0. The molecule has 0 aliphatic heterocycles. The van der Waals surface area contributed by atoms with E-state index in [0.717, 1.165) is 17.7 Å².